The van der Waals surface area contributed by atoms with Crippen LogP contribution in [-0.4, -0.2) is 60.0 Å². The van der Waals surface area contributed by atoms with Crippen LogP contribution in [-0.2, 0) is 16.6 Å². The molecule has 1 aliphatic heterocycles. The first-order chi connectivity index (χ1) is 15.4. The lowest BCUT2D eigenvalue weighted by Crippen LogP contribution is -2.34. The number of H-pyrrole nitrogens is 2. The van der Waals surface area contributed by atoms with E-state index in [1.54, 1.807) is 4.31 Å². The Balaban J connectivity index is 1.39. The molecule has 1 saturated heterocycles. The predicted molar refractivity (Wildman–Crippen MR) is 128 cm³/mol. The second-order valence-electron chi connectivity index (χ2n) is 8.50. The Hall–Kier alpha value is -2.94. The second-order valence-corrected chi connectivity index (χ2v) is 10.5. The Morgan fingerprint density at radius 1 is 0.875 bits per heavy atom. The van der Waals surface area contributed by atoms with Crippen LogP contribution in [0.2, 0.25) is 0 Å². The van der Waals surface area contributed by atoms with Gasteiger partial charge in [0, 0.05) is 42.6 Å². The molecule has 166 valence electrons. The minimum absolute atomic E-state index is 0.115. The number of rotatable bonds is 4. The molecule has 0 amide bonds. The summed E-state index contributed by atoms with van der Waals surface area (Å²) in [6.07, 6.45) is 2.11. The van der Waals surface area contributed by atoms with E-state index in [0.717, 1.165) is 53.6 Å². The third-order valence-electron chi connectivity index (χ3n) is 6.15. The predicted octanol–water partition coefficient (Wildman–Crippen LogP) is 3.14. The number of nitrogens with one attached hydrogen (secondary N) is 2. The maximum absolute atomic E-state index is 12.6. The smallest absolute Gasteiger partial charge is 0.257 e. The molecule has 7 nitrogen and oxygen atoms in total. The zero-order valence-corrected chi connectivity index (χ0v) is 18.8. The van der Waals surface area contributed by atoms with Crippen LogP contribution in [0.5, 0.6) is 0 Å². The maximum atomic E-state index is 12.6. The molecule has 0 bridgehead atoms. The van der Waals surface area contributed by atoms with Gasteiger partial charge >= 0.3 is 0 Å². The Labute approximate surface area is 186 Å². The van der Waals surface area contributed by atoms with Crippen molar-refractivity contribution in [3.8, 4) is 11.3 Å². The Kier molecular flexibility index (Phi) is 5.36. The van der Waals surface area contributed by atoms with Gasteiger partial charge in [-0.25, -0.2) is 12.7 Å². The van der Waals surface area contributed by atoms with E-state index in [0.29, 0.717) is 18.7 Å². The molecular formula is C24H26N4O3S. The second kappa shape index (κ2) is 8.20. The average Bonchev–Trinajstić information content (AvgIpc) is 3.02. The van der Waals surface area contributed by atoms with Crippen molar-refractivity contribution in [3.05, 3.63) is 70.5 Å². The molecule has 8 heteroatoms. The molecule has 2 aromatic heterocycles. The number of sulfonamides is 1. The quantitative estimate of drug-likeness (QED) is 0.500. The molecule has 0 spiro atoms. The summed E-state index contributed by atoms with van der Waals surface area (Å²) in [7, 11) is -3.14. The van der Waals surface area contributed by atoms with Gasteiger partial charge in [0.1, 0.15) is 0 Å². The van der Waals surface area contributed by atoms with Gasteiger partial charge in [0.05, 0.1) is 17.5 Å². The fourth-order valence-corrected chi connectivity index (χ4v) is 5.34. The van der Waals surface area contributed by atoms with Crippen molar-refractivity contribution in [3.63, 3.8) is 0 Å². The number of hydrogen-bond acceptors (Lipinski definition) is 4. The molecule has 1 fully saturated rings. The van der Waals surface area contributed by atoms with Crippen molar-refractivity contribution < 1.29 is 8.42 Å². The third-order valence-corrected chi connectivity index (χ3v) is 7.45. The molecule has 0 atom stereocenters. The van der Waals surface area contributed by atoms with Crippen LogP contribution in [0.1, 0.15) is 12.0 Å². The number of para-hydroxylation sites is 1. The zero-order valence-electron chi connectivity index (χ0n) is 18.0. The number of fused-ring (bicyclic) bond motifs is 2. The van der Waals surface area contributed by atoms with Gasteiger partial charge in [-0.2, -0.15) is 0 Å². The van der Waals surface area contributed by atoms with Crippen LogP contribution in [0, 0.1) is 0 Å². The van der Waals surface area contributed by atoms with Crippen molar-refractivity contribution in [1.29, 1.82) is 0 Å². The van der Waals surface area contributed by atoms with Gasteiger partial charge < -0.3 is 9.97 Å². The molecular weight excluding hydrogens is 424 g/mol. The Morgan fingerprint density at radius 3 is 2.53 bits per heavy atom. The molecule has 3 heterocycles. The van der Waals surface area contributed by atoms with Crippen LogP contribution in [0.15, 0.2) is 59.4 Å². The van der Waals surface area contributed by atoms with Crippen LogP contribution in [0.3, 0.4) is 0 Å². The van der Waals surface area contributed by atoms with Crippen molar-refractivity contribution in [1.82, 2.24) is 19.2 Å². The number of benzene rings is 2. The van der Waals surface area contributed by atoms with Gasteiger partial charge in [-0.15, -0.1) is 0 Å². The third kappa shape index (κ3) is 4.21. The van der Waals surface area contributed by atoms with E-state index in [-0.39, 0.29) is 5.56 Å². The van der Waals surface area contributed by atoms with Crippen molar-refractivity contribution in [2.24, 2.45) is 0 Å². The SMILES string of the molecule is CS(=O)(=O)N1CCCN(Cc2ccc3[nH]c(-c4cc5ccccc5[nH]c4=O)cc3c2)CC1. The molecule has 5 rings (SSSR count). The Morgan fingerprint density at radius 2 is 1.69 bits per heavy atom. The first kappa shape index (κ1) is 20.9. The lowest BCUT2D eigenvalue weighted by Gasteiger charge is -2.20. The van der Waals surface area contributed by atoms with E-state index in [2.05, 4.69) is 27.0 Å². The molecule has 0 unspecified atom stereocenters. The van der Waals surface area contributed by atoms with Gasteiger partial charge in [0.2, 0.25) is 10.0 Å². The Bertz CT molecular complexity index is 1460. The van der Waals surface area contributed by atoms with Crippen molar-refractivity contribution in [2.45, 2.75) is 13.0 Å². The number of pyridine rings is 1. The summed E-state index contributed by atoms with van der Waals surface area (Å²) in [6.45, 7) is 3.46. The first-order valence-corrected chi connectivity index (χ1v) is 12.6. The number of aromatic amines is 2. The molecule has 32 heavy (non-hydrogen) atoms. The fraction of sp³-hybridized carbons (Fsp3) is 0.292. The summed E-state index contributed by atoms with van der Waals surface area (Å²) in [5, 5.41) is 2.04. The van der Waals surface area contributed by atoms with Gasteiger partial charge in [0.25, 0.3) is 5.56 Å². The highest BCUT2D eigenvalue weighted by Crippen LogP contribution is 2.25. The minimum atomic E-state index is -3.14. The lowest BCUT2D eigenvalue weighted by molar-refractivity contribution is 0.279. The minimum Gasteiger partial charge on any atom is -0.354 e. The number of nitrogens with zero attached hydrogens (tertiary/aromatic N) is 2. The normalized spacial score (nSPS) is 16.5. The van der Waals surface area contributed by atoms with Gasteiger partial charge in [0.15, 0.2) is 0 Å². The summed E-state index contributed by atoms with van der Waals surface area (Å²) in [5.41, 5.74) is 4.28. The molecule has 0 aliphatic carbocycles. The van der Waals surface area contributed by atoms with Gasteiger partial charge in [-0.05, 0) is 54.2 Å². The van der Waals surface area contributed by atoms with Crippen LogP contribution in [0.4, 0.5) is 0 Å². The topological polar surface area (TPSA) is 89.3 Å². The lowest BCUT2D eigenvalue weighted by atomic mass is 10.1. The summed E-state index contributed by atoms with van der Waals surface area (Å²) in [5.74, 6) is 0. The van der Waals surface area contributed by atoms with Gasteiger partial charge in [-0.3, -0.25) is 9.69 Å². The first-order valence-electron chi connectivity index (χ1n) is 10.8. The molecule has 0 radical (unpaired) electrons. The highest BCUT2D eigenvalue weighted by Gasteiger charge is 2.21. The van der Waals surface area contributed by atoms with E-state index < -0.39 is 10.0 Å². The molecule has 2 N–H and O–H groups in total. The standard InChI is InChI=1S/C24H26N4O3S/c1-32(30,31)28-10-4-9-27(11-12-28)16-17-7-8-22-19(13-17)15-23(25-22)20-14-18-5-2-3-6-21(18)26-24(20)29/h2-3,5-8,13-15,25H,4,9-12,16H2,1H3,(H,26,29). The highest BCUT2D eigenvalue weighted by atomic mass is 32.2. The summed E-state index contributed by atoms with van der Waals surface area (Å²) >= 11 is 0. The maximum Gasteiger partial charge on any atom is 0.257 e. The largest absolute Gasteiger partial charge is 0.354 e. The van der Waals surface area contributed by atoms with Gasteiger partial charge in [-0.1, -0.05) is 24.3 Å². The highest BCUT2D eigenvalue weighted by molar-refractivity contribution is 7.88. The molecule has 1 aliphatic rings. The summed E-state index contributed by atoms with van der Waals surface area (Å²) < 4.78 is 25.3. The number of hydrogen-bond donors (Lipinski definition) is 2. The molecule has 0 saturated carbocycles. The van der Waals surface area contributed by atoms with E-state index in [9.17, 15) is 13.2 Å². The molecule has 4 aromatic rings. The van der Waals surface area contributed by atoms with E-state index >= 15 is 0 Å². The zero-order chi connectivity index (χ0) is 22.3. The summed E-state index contributed by atoms with van der Waals surface area (Å²) in [4.78, 5) is 21.3. The monoisotopic (exact) mass is 450 g/mol. The van der Waals surface area contributed by atoms with E-state index in [1.807, 2.05) is 42.5 Å². The van der Waals surface area contributed by atoms with E-state index in [4.69, 9.17) is 0 Å². The van der Waals surface area contributed by atoms with Crippen LogP contribution < -0.4 is 5.56 Å². The summed E-state index contributed by atoms with van der Waals surface area (Å²) in [6, 6.07) is 18.0. The average molecular weight is 451 g/mol. The van der Waals surface area contributed by atoms with Crippen molar-refractivity contribution >= 4 is 31.8 Å². The molecule has 2 aromatic carbocycles. The fourth-order valence-electron chi connectivity index (χ4n) is 4.47. The number of aromatic nitrogens is 2. The van der Waals surface area contributed by atoms with Crippen LogP contribution >= 0.6 is 0 Å². The van der Waals surface area contributed by atoms with Crippen molar-refractivity contribution in [2.75, 3.05) is 32.4 Å². The van der Waals surface area contributed by atoms with E-state index in [1.165, 1.54) is 11.8 Å². The van der Waals surface area contributed by atoms with Crippen LogP contribution in [0.25, 0.3) is 33.1 Å².